The fraction of sp³-hybridized carbons (Fsp3) is 0.227. The molecule has 1 fully saturated rings. The van der Waals surface area contributed by atoms with Crippen LogP contribution < -0.4 is 5.32 Å². The number of fused-ring (bicyclic) bond motifs is 1. The number of nitrogens with zero attached hydrogens (tertiary/aromatic N) is 3. The SMILES string of the molecule is CO/C(=N\C(=N)C1=CNC2C=CC(c3c[nH]nc3-c3ccc(F)cc3F)=CN12)C1CC1. The summed E-state index contributed by atoms with van der Waals surface area (Å²) < 4.78 is 33.0. The van der Waals surface area contributed by atoms with Gasteiger partial charge in [-0.2, -0.15) is 10.1 Å². The molecule has 1 aromatic carbocycles. The molecule has 9 heteroatoms. The normalized spacial score (nSPS) is 20.2. The van der Waals surface area contributed by atoms with E-state index in [1.807, 2.05) is 23.3 Å². The summed E-state index contributed by atoms with van der Waals surface area (Å²) in [5.41, 5.74) is 2.62. The largest absolute Gasteiger partial charge is 0.484 e. The zero-order valence-corrected chi connectivity index (χ0v) is 16.7. The minimum atomic E-state index is -0.682. The molecule has 7 nitrogen and oxygen atoms in total. The van der Waals surface area contributed by atoms with Crippen LogP contribution in [0.3, 0.4) is 0 Å². The smallest absolute Gasteiger partial charge is 0.192 e. The van der Waals surface area contributed by atoms with Gasteiger partial charge < -0.3 is 15.0 Å². The molecule has 1 aromatic heterocycles. The number of aromatic nitrogens is 2. The van der Waals surface area contributed by atoms with Gasteiger partial charge in [0.15, 0.2) is 11.7 Å². The summed E-state index contributed by atoms with van der Waals surface area (Å²) >= 11 is 0. The van der Waals surface area contributed by atoms with Gasteiger partial charge in [-0.15, -0.1) is 0 Å². The van der Waals surface area contributed by atoms with Gasteiger partial charge in [-0.1, -0.05) is 6.08 Å². The summed E-state index contributed by atoms with van der Waals surface area (Å²) in [4.78, 5) is 6.26. The van der Waals surface area contributed by atoms with E-state index in [-0.39, 0.29) is 17.6 Å². The van der Waals surface area contributed by atoms with Gasteiger partial charge in [0.1, 0.15) is 29.2 Å². The number of hydrogen-bond donors (Lipinski definition) is 3. The van der Waals surface area contributed by atoms with Gasteiger partial charge in [-0.25, -0.2) is 8.78 Å². The predicted octanol–water partition coefficient (Wildman–Crippen LogP) is 3.77. The fourth-order valence-electron chi connectivity index (χ4n) is 3.70. The molecule has 158 valence electrons. The van der Waals surface area contributed by atoms with Crippen molar-refractivity contribution in [3.8, 4) is 11.3 Å². The second-order valence-electron chi connectivity index (χ2n) is 7.54. The van der Waals surface area contributed by atoms with E-state index >= 15 is 0 Å². The number of ether oxygens (including phenoxy) is 1. The molecule has 0 spiro atoms. The van der Waals surface area contributed by atoms with Crippen LogP contribution in [0.25, 0.3) is 16.8 Å². The van der Waals surface area contributed by atoms with Crippen LogP contribution in [-0.4, -0.2) is 40.1 Å². The topological polar surface area (TPSA) is 89.4 Å². The Balaban J connectivity index is 1.46. The van der Waals surface area contributed by atoms with E-state index in [2.05, 4.69) is 20.5 Å². The minimum Gasteiger partial charge on any atom is -0.484 e. The molecule has 2 aliphatic heterocycles. The van der Waals surface area contributed by atoms with Crippen LogP contribution in [0.1, 0.15) is 18.4 Å². The molecule has 1 atom stereocenters. The quantitative estimate of drug-likeness (QED) is 0.517. The summed E-state index contributed by atoms with van der Waals surface area (Å²) in [6, 6.07) is 3.42. The highest BCUT2D eigenvalue weighted by molar-refractivity contribution is 6.04. The Morgan fingerprint density at radius 2 is 2.13 bits per heavy atom. The maximum absolute atomic E-state index is 14.4. The van der Waals surface area contributed by atoms with Crippen molar-refractivity contribution in [2.75, 3.05) is 7.11 Å². The highest BCUT2D eigenvalue weighted by Crippen LogP contribution is 2.34. The lowest BCUT2D eigenvalue weighted by Gasteiger charge is -2.27. The summed E-state index contributed by atoms with van der Waals surface area (Å²) in [6.45, 7) is 0. The van der Waals surface area contributed by atoms with Crippen molar-refractivity contribution in [1.29, 1.82) is 5.41 Å². The number of aliphatic imine (C=N–C) groups is 1. The molecule has 3 heterocycles. The molecule has 2 aromatic rings. The first kappa shape index (κ1) is 19.2. The summed E-state index contributed by atoms with van der Waals surface area (Å²) in [6.07, 6.45) is 11.0. The van der Waals surface area contributed by atoms with Crippen LogP contribution in [-0.2, 0) is 4.74 Å². The Hall–Kier alpha value is -3.75. The molecule has 5 rings (SSSR count). The molecule has 0 radical (unpaired) electrons. The van der Waals surface area contributed by atoms with E-state index in [4.69, 9.17) is 10.1 Å². The molecule has 1 saturated carbocycles. The average Bonchev–Trinajstić information content (AvgIpc) is 3.33. The molecule has 31 heavy (non-hydrogen) atoms. The van der Waals surface area contributed by atoms with Crippen molar-refractivity contribution < 1.29 is 13.5 Å². The Morgan fingerprint density at radius 1 is 1.29 bits per heavy atom. The molecule has 3 aliphatic rings. The van der Waals surface area contributed by atoms with Gasteiger partial charge >= 0.3 is 0 Å². The van der Waals surface area contributed by atoms with Gasteiger partial charge in [0.2, 0.25) is 0 Å². The molecule has 1 aliphatic carbocycles. The Kier molecular flexibility index (Phi) is 4.65. The third-order valence-electron chi connectivity index (χ3n) is 5.44. The summed E-state index contributed by atoms with van der Waals surface area (Å²) in [5, 5.41) is 18.6. The highest BCUT2D eigenvalue weighted by Gasteiger charge is 2.32. The highest BCUT2D eigenvalue weighted by atomic mass is 19.1. The summed E-state index contributed by atoms with van der Waals surface area (Å²) in [5.74, 6) is -0.353. The van der Waals surface area contributed by atoms with Crippen LogP contribution >= 0.6 is 0 Å². The molecular weight excluding hydrogens is 402 g/mol. The second-order valence-corrected chi connectivity index (χ2v) is 7.54. The van der Waals surface area contributed by atoms with E-state index in [0.29, 0.717) is 28.8 Å². The van der Waals surface area contributed by atoms with Crippen molar-refractivity contribution in [1.82, 2.24) is 20.4 Å². The maximum atomic E-state index is 14.4. The lowest BCUT2D eigenvalue weighted by atomic mass is 10.00. The standard InChI is InChI=1S/C22H20F2N6O/c1-31-22(12-2-3-12)28-21(25)18-10-26-19-7-4-13(11-30(18)19)16-9-27-29-20(16)15-6-5-14(23)8-17(15)24/h4-12,19,25-26H,2-3H2,1H3,(H,27,29)/b25-21?,28-22-. The second kappa shape index (κ2) is 7.50. The van der Waals surface area contributed by atoms with E-state index in [9.17, 15) is 8.78 Å². The number of aromatic amines is 1. The van der Waals surface area contributed by atoms with Crippen molar-refractivity contribution in [3.05, 3.63) is 71.8 Å². The Morgan fingerprint density at radius 3 is 2.87 bits per heavy atom. The van der Waals surface area contributed by atoms with E-state index in [1.165, 1.54) is 12.1 Å². The van der Waals surface area contributed by atoms with E-state index < -0.39 is 11.6 Å². The molecular formula is C22H20F2N6O. The van der Waals surface area contributed by atoms with Crippen molar-refractivity contribution in [2.45, 2.75) is 19.0 Å². The van der Waals surface area contributed by atoms with Crippen molar-refractivity contribution in [2.24, 2.45) is 10.9 Å². The monoisotopic (exact) mass is 422 g/mol. The van der Waals surface area contributed by atoms with Crippen molar-refractivity contribution in [3.63, 3.8) is 0 Å². The third-order valence-corrected chi connectivity index (χ3v) is 5.44. The predicted molar refractivity (Wildman–Crippen MR) is 113 cm³/mol. The Bertz CT molecular complexity index is 1170. The first-order valence-corrected chi connectivity index (χ1v) is 9.91. The third kappa shape index (κ3) is 3.52. The number of allylic oxidation sites excluding steroid dienone is 2. The number of hydrogen-bond acceptors (Lipinski definition) is 5. The maximum Gasteiger partial charge on any atom is 0.192 e. The molecule has 1 unspecified atom stereocenters. The minimum absolute atomic E-state index is 0.0987. The van der Waals surface area contributed by atoms with Gasteiger partial charge in [-0.3, -0.25) is 10.5 Å². The first-order chi connectivity index (χ1) is 15.0. The lowest BCUT2D eigenvalue weighted by Crippen LogP contribution is -2.34. The van der Waals surface area contributed by atoms with Crippen LogP contribution in [0.15, 0.2) is 59.6 Å². The zero-order valence-electron chi connectivity index (χ0n) is 16.7. The van der Waals surface area contributed by atoms with E-state index in [0.717, 1.165) is 24.5 Å². The van der Waals surface area contributed by atoms with Crippen LogP contribution in [0.2, 0.25) is 0 Å². The van der Waals surface area contributed by atoms with Gasteiger partial charge in [0.25, 0.3) is 0 Å². The number of H-pyrrole nitrogens is 1. The molecule has 0 bridgehead atoms. The number of methoxy groups -OCH3 is 1. The fourth-order valence-corrected chi connectivity index (χ4v) is 3.70. The molecule has 0 saturated heterocycles. The molecule has 0 amide bonds. The number of amidine groups is 1. The van der Waals surface area contributed by atoms with Gasteiger partial charge in [0.05, 0.1) is 7.11 Å². The zero-order chi connectivity index (χ0) is 21.5. The van der Waals surface area contributed by atoms with Gasteiger partial charge in [0, 0.05) is 47.3 Å². The lowest BCUT2D eigenvalue weighted by molar-refractivity contribution is 0.386. The van der Waals surface area contributed by atoms with Crippen LogP contribution in [0, 0.1) is 23.0 Å². The Labute approximate surface area is 177 Å². The van der Waals surface area contributed by atoms with Crippen LogP contribution in [0.4, 0.5) is 8.78 Å². The first-order valence-electron chi connectivity index (χ1n) is 9.91. The van der Waals surface area contributed by atoms with Gasteiger partial charge in [-0.05, 0) is 31.1 Å². The number of nitrogens with one attached hydrogen (secondary N) is 3. The number of rotatable bonds is 4. The summed E-state index contributed by atoms with van der Waals surface area (Å²) in [7, 11) is 1.57. The molecule has 3 N–H and O–H groups in total. The number of benzene rings is 1. The van der Waals surface area contributed by atoms with E-state index in [1.54, 1.807) is 19.5 Å². The van der Waals surface area contributed by atoms with Crippen molar-refractivity contribution >= 4 is 17.3 Å². The van der Waals surface area contributed by atoms with Crippen LogP contribution in [0.5, 0.6) is 0 Å². The average molecular weight is 422 g/mol. The number of halogens is 2.